The molecule has 0 heterocycles. The molecule has 0 fully saturated rings. The van der Waals surface area contributed by atoms with Gasteiger partial charge in [-0.2, -0.15) is 0 Å². The lowest BCUT2D eigenvalue weighted by Crippen LogP contribution is -2.38. The van der Waals surface area contributed by atoms with Crippen molar-refractivity contribution >= 4 is 0 Å². The summed E-state index contributed by atoms with van der Waals surface area (Å²) < 4.78 is 0. The Balaban J connectivity index is 3.35. The van der Waals surface area contributed by atoms with Crippen molar-refractivity contribution in [3.8, 4) is 0 Å². The predicted octanol–water partition coefficient (Wildman–Crippen LogP) is -1.05. The van der Waals surface area contributed by atoms with Crippen molar-refractivity contribution in [2.75, 3.05) is 13.7 Å². The molecular formula is C5H13NO2. The first-order chi connectivity index (χ1) is 3.72. The summed E-state index contributed by atoms with van der Waals surface area (Å²) in [6.07, 6.45) is -0.481. The summed E-state index contributed by atoms with van der Waals surface area (Å²) in [5, 5.41) is 20.0. The van der Waals surface area contributed by atoms with E-state index in [-0.39, 0.29) is 12.6 Å². The monoisotopic (exact) mass is 119 g/mol. The first-order valence-electron chi connectivity index (χ1n) is 2.68. The number of aliphatic hydroxyl groups is 2. The highest BCUT2D eigenvalue weighted by molar-refractivity contribution is 4.67. The van der Waals surface area contributed by atoms with Crippen LogP contribution < -0.4 is 5.32 Å². The van der Waals surface area contributed by atoms with E-state index in [9.17, 15) is 0 Å². The Morgan fingerprint density at radius 1 is 1.62 bits per heavy atom. The standard InChI is InChI=1S/C5H13NO2/c1-4(8)5(3-7)6-2/h4-8H,3H2,1-2H3/t4?,5-/m1/s1. The van der Waals surface area contributed by atoms with Gasteiger partial charge in [0.2, 0.25) is 0 Å². The minimum Gasteiger partial charge on any atom is -0.395 e. The van der Waals surface area contributed by atoms with Crippen LogP contribution >= 0.6 is 0 Å². The summed E-state index contributed by atoms with van der Waals surface area (Å²) in [6.45, 7) is 1.62. The second kappa shape index (κ2) is 3.83. The molecule has 0 amide bonds. The smallest absolute Gasteiger partial charge is 0.0687 e. The molecule has 3 nitrogen and oxygen atoms in total. The molecule has 50 valence electrons. The molecule has 1 unspecified atom stereocenters. The molecule has 0 aliphatic rings. The van der Waals surface area contributed by atoms with Gasteiger partial charge in [-0.15, -0.1) is 0 Å². The molecule has 0 aromatic rings. The summed E-state index contributed by atoms with van der Waals surface area (Å²) in [6, 6.07) is -0.185. The van der Waals surface area contributed by atoms with Crippen LogP contribution in [0.5, 0.6) is 0 Å². The fourth-order valence-corrected chi connectivity index (χ4v) is 0.485. The van der Waals surface area contributed by atoms with E-state index in [0.29, 0.717) is 0 Å². The van der Waals surface area contributed by atoms with Crippen molar-refractivity contribution in [2.45, 2.75) is 19.1 Å². The molecule has 3 heteroatoms. The van der Waals surface area contributed by atoms with Gasteiger partial charge < -0.3 is 15.5 Å². The maximum atomic E-state index is 8.79. The van der Waals surface area contributed by atoms with E-state index < -0.39 is 6.10 Å². The summed E-state index contributed by atoms with van der Waals surface area (Å²) in [7, 11) is 1.70. The van der Waals surface area contributed by atoms with Gasteiger partial charge >= 0.3 is 0 Å². The van der Waals surface area contributed by atoms with Crippen molar-refractivity contribution in [2.24, 2.45) is 0 Å². The van der Waals surface area contributed by atoms with E-state index in [0.717, 1.165) is 0 Å². The van der Waals surface area contributed by atoms with Crippen molar-refractivity contribution < 1.29 is 10.2 Å². The van der Waals surface area contributed by atoms with Crippen LogP contribution in [-0.2, 0) is 0 Å². The molecule has 0 aromatic heterocycles. The summed E-state index contributed by atoms with van der Waals surface area (Å²) >= 11 is 0. The molecule has 0 aromatic carbocycles. The minimum atomic E-state index is -0.481. The van der Waals surface area contributed by atoms with Gasteiger partial charge in [0, 0.05) is 0 Å². The van der Waals surface area contributed by atoms with Crippen LogP contribution in [0.3, 0.4) is 0 Å². The first-order valence-corrected chi connectivity index (χ1v) is 2.68. The van der Waals surface area contributed by atoms with Crippen LogP contribution in [0.1, 0.15) is 6.92 Å². The zero-order chi connectivity index (χ0) is 6.57. The van der Waals surface area contributed by atoms with Gasteiger partial charge in [-0.1, -0.05) is 0 Å². The molecule has 0 bridgehead atoms. The van der Waals surface area contributed by atoms with Crippen LogP contribution in [0.4, 0.5) is 0 Å². The van der Waals surface area contributed by atoms with Crippen LogP contribution in [0.2, 0.25) is 0 Å². The molecule has 0 spiro atoms. The third-order valence-corrected chi connectivity index (χ3v) is 1.15. The van der Waals surface area contributed by atoms with Crippen LogP contribution in [0.15, 0.2) is 0 Å². The summed E-state index contributed by atoms with van der Waals surface area (Å²) in [5.74, 6) is 0. The van der Waals surface area contributed by atoms with E-state index in [1.807, 2.05) is 0 Å². The maximum Gasteiger partial charge on any atom is 0.0687 e. The highest BCUT2D eigenvalue weighted by atomic mass is 16.3. The minimum absolute atomic E-state index is 0.0197. The Kier molecular flexibility index (Phi) is 3.77. The lowest BCUT2D eigenvalue weighted by molar-refractivity contribution is 0.108. The molecule has 2 atom stereocenters. The van der Waals surface area contributed by atoms with Crippen LogP contribution in [0.25, 0.3) is 0 Å². The highest BCUT2D eigenvalue weighted by Crippen LogP contribution is 1.87. The second-order valence-electron chi connectivity index (χ2n) is 1.82. The third-order valence-electron chi connectivity index (χ3n) is 1.15. The molecule has 8 heavy (non-hydrogen) atoms. The van der Waals surface area contributed by atoms with E-state index in [1.165, 1.54) is 0 Å². The first kappa shape index (κ1) is 7.88. The SMILES string of the molecule is CN[C@H](CO)C(C)O. The second-order valence-corrected chi connectivity index (χ2v) is 1.82. The lowest BCUT2D eigenvalue weighted by atomic mass is 10.2. The molecule has 0 rings (SSSR count). The van der Waals surface area contributed by atoms with Crippen molar-refractivity contribution in [1.29, 1.82) is 0 Å². The van der Waals surface area contributed by atoms with Gasteiger partial charge in [-0.3, -0.25) is 0 Å². The topological polar surface area (TPSA) is 52.5 Å². The quantitative estimate of drug-likeness (QED) is 0.444. The number of nitrogens with one attached hydrogen (secondary N) is 1. The number of likely N-dealkylation sites (N-methyl/N-ethyl adjacent to an activating group) is 1. The average Bonchev–Trinajstić information content (AvgIpc) is 1.69. The molecule has 0 saturated carbocycles. The maximum absolute atomic E-state index is 8.79. The van der Waals surface area contributed by atoms with Crippen molar-refractivity contribution in [3.05, 3.63) is 0 Å². The third kappa shape index (κ3) is 2.26. The van der Waals surface area contributed by atoms with Crippen molar-refractivity contribution in [3.63, 3.8) is 0 Å². The lowest BCUT2D eigenvalue weighted by Gasteiger charge is -2.14. The van der Waals surface area contributed by atoms with Gasteiger partial charge in [-0.25, -0.2) is 0 Å². The van der Waals surface area contributed by atoms with E-state index in [1.54, 1.807) is 14.0 Å². The Morgan fingerprint density at radius 2 is 2.12 bits per heavy atom. The number of rotatable bonds is 3. The van der Waals surface area contributed by atoms with Gasteiger partial charge in [0.1, 0.15) is 0 Å². The Labute approximate surface area is 49.3 Å². The zero-order valence-corrected chi connectivity index (χ0v) is 5.26. The summed E-state index contributed by atoms with van der Waals surface area (Å²) in [5.41, 5.74) is 0. The zero-order valence-electron chi connectivity index (χ0n) is 5.26. The largest absolute Gasteiger partial charge is 0.395 e. The van der Waals surface area contributed by atoms with Gasteiger partial charge in [-0.05, 0) is 14.0 Å². The summed E-state index contributed by atoms with van der Waals surface area (Å²) in [4.78, 5) is 0. The molecule has 0 aliphatic carbocycles. The highest BCUT2D eigenvalue weighted by Gasteiger charge is 2.08. The predicted molar refractivity (Wildman–Crippen MR) is 31.6 cm³/mol. The fourth-order valence-electron chi connectivity index (χ4n) is 0.485. The molecule has 3 N–H and O–H groups in total. The van der Waals surface area contributed by atoms with Gasteiger partial charge in [0.05, 0.1) is 18.8 Å². The molecule has 0 saturated heterocycles. The number of aliphatic hydroxyl groups excluding tert-OH is 2. The molecule has 0 radical (unpaired) electrons. The molecular weight excluding hydrogens is 106 g/mol. The Bertz CT molecular complexity index is 52.4. The number of hydrogen-bond acceptors (Lipinski definition) is 3. The van der Waals surface area contributed by atoms with Crippen molar-refractivity contribution in [1.82, 2.24) is 5.32 Å². The average molecular weight is 119 g/mol. The fraction of sp³-hybridized carbons (Fsp3) is 1.00. The van der Waals surface area contributed by atoms with E-state index in [2.05, 4.69) is 5.32 Å². The normalized spacial score (nSPS) is 18.0. The van der Waals surface area contributed by atoms with E-state index >= 15 is 0 Å². The molecule has 0 aliphatic heterocycles. The van der Waals surface area contributed by atoms with Crippen LogP contribution in [-0.4, -0.2) is 36.0 Å². The Hall–Kier alpha value is -0.120. The van der Waals surface area contributed by atoms with Gasteiger partial charge in [0.15, 0.2) is 0 Å². The van der Waals surface area contributed by atoms with Crippen LogP contribution in [0, 0.1) is 0 Å². The number of hydrogen-bond donors (Lipinski definition) is 3. The van der Waals surface area contributed by atoms with Gasteiger partial charge in [0.25, 0.3) is 0 Å². The Morgan fingerprint density at radius 3 is 2.12 bits per heavy atom. The van der Waals surface area contributed by atoms with E-state index in [4.69, 9.17) is 10.2 Å².